The molecule has 2 N–H and O–H groups in total. The average Bonchev–Trinajstić information content (AvgIpc) is 2.96. The van der Waals surface area contributed by atoms with Crippen LogP contribution in [0.1, 0.15) is 17.0 Å². The molecule has 1 fully saturated rings. The van der Waals surface area contributed by atoms with Crippen LogP contribution >= 0.6 is 11.6 Å². The lowest BCUT2D eigenvalue weighted by Crippen LogP contribution is -2.47. The van der Waals surface area contributed by atoms with E-state index >= 15 is 0 Å². The number of halogens is 1. The van der Waals surface area contributed by atoms with Crippen molar-refractivity contribution in [3.05, 3.63) is 29.0 Å². The van der Waals surface area contributed by atoms with Crippen LogP contribution in [-0.4, -0.2) is 53.9 Å². The number of furan rings is 1. The largest absolute Gasteiger partial charge is 0.493 e. The fourth-order valence-corrected chi connectivity index (χ4v) is 3.09. The Bertz CT molecular complexity index is 729. The highest BCUT2D eigenvalue weighted by atomic mass is 35.5. The molecule has 1 aromatic carbocycles. The van der Waals surface area contributed by atoms with Gasteiger partial charge in [-0.3, -0.25) is 4.79 Å². The standard InChI is InChI=1S/C16H18ClNO5/c1-22-13-6-11(17)4-10-5-14(23-15(10)13)16(21)18-3-2-9(8-19)12(20)7-18/h4-6,9,12,19-20H,2-3,7-8H2,1H3. The molecule has 1 saturated heterocycles. The van der Waals surface area contributed by atoms with E-state index in [0.29, 0.717) is 34.7 Å². The number of benzene rings is 1. The Morgan fingerprint density at radius 2 is 2.26 bits per heavy atom. The SMILES string of the molecule is COc1cc(Cl)cc2cc(C(=O)N3CCC(CO)C(O)C3)oc12. The van der Waals surface area contributed by atoms with Gasteiger partial charge in [0.25, 0.3) is 5.91 Å². The third-order valence-corrected chi connectivity index (χ3v) is 4.44. The molecule has 1 aliphatic rings. The first-order valence-electron chi connectivity index (χ1n) is 7.38. The van der Waals surface area contributed by atoms with Crippen LogP contribution in [0.5, 0.6) is 5.75 Å². The number of carbonyl (C=O) groups excluding carboxylic acids is 1. The number of hydrogen-bond acceptors (Lipinski definition) is 5. The van der Waals surface area contributed by atoms with Gasteiger partial charge in [0, 0.05) is 42.1 Å². The summed E-state index contributed by atoms with van der Waals surface area (Å²) < 4.78 is 10.9. The Hall–Kier alpha value is -1.76. The molecule has 1 aliphatic heterocycles. The number of aliphatic hydroxyl groups excluding tert-OH is 2. The van der Waals surface area contributed by atoms with Crippen molar-refractivity contribution in [2.45, 2.75) is 12.5 Å². The van der Waals surface area contributed by atoms with Crippen molar-refractivity contribution in [2.75, 3.05) is 26.8 Å². The summed E-state index contributed by atoms with van der Waals surface area (Å²) in [5, 5.41) is 20.3. The third kappa shape index (κ3) is 3.02. The van der Waals surface area contributed by atoms with Crippen LogP contribution in [0.3, 0.4) is 0 Å². The summed E-state index contributed by atoms with van der Waals surface area (Å²) in [6.07, 6.45) is -0.176. The minimum Gasteiger partial charge on any atom is -0.493 e. The number of piperidine rings is 1. The van der Waals surface area contributed by atoms with Crippen molar-refractivity contribution >= 4 is 28.5 Å². The molecule has 124 valence electrons. The zero-order valence-corrected chi connectivity index (χ0v) is 13.4. The van der Waals surface area contributed by atoms with Gasteiger partial charge in [-0.1, -0.05) is 11.6 Å². The Labute approximate surface area is 138 Å². The van der Waals surface area contributed by atoms with E-state index in [1.54, 1.807) is 18.2 Å². The van der Waals surface area contributed by atoms with Gasteiger partial charge in [-0.15, -0.1) is 0 Å². The smallest absolute Gasteiger partial charge is 0.289 e. The number of β-amino-alcohol motifs (C(OH)–C–C–N with tert-alkyl or cyclic N) is 1. The molecule has 0 saturated carbocycles. The number of fused-ring (bicyclic) bond motifs is 1. The van der Waals surface area contributed by atoms with Crippen molar-refractivity contribution in [1.29, 1.82) is 0 Å². The van der Waals surface area contributed by atoms with Crippen molar-refractivity contribution in [1.82, 2.24) is 4.90 Å². The summed E-state index contributed by atoms with van der Waals surface area (Å²) in [5.74, 6) is 0.157. The van der Waals surface area contributed by atoms with E-state index < -0.39 is 6.10 Å². The molecule has 2 aromatic rings. The third-order valence-electron chi connectivity index (χ3n) is 4.22. The molecule has 1 aromatic heterocycles. The Morgan fingerprint density at radius 1 is 1.48 bits per heavy atom. The van der Waals surface area contributed by atoms with Gasteiger partial charge >= 0.3 is 0 Å². The van der Waals surface area contributed by atoms with E-state index in [0.717, 1.165) is 0 Å². The minimum absolute atomic E-state index is 0.0798. The van der Waals surface area contributed by atoms with Gasteiger partial charge in [-0.25, -0.2) is 0 Å². The summed E-state index contributed by atoms with van der Waals surface area (Å²) >= 11 is 6.02. The zero-order chi connectivity index (χ0) is 16.6. The number of amides is 1. The van der Waals surface area contributed by atoms with E-state index in [4.69, 9.17) is 20.8 Å². The second-order valence-electron chi connectivity index (χ2n) is 5.69. The van der Waals surface area contributed by atoms with Gasteiger partial charge in [0.1, 0.15) is 0 Å². The zero-order valence-electron chi connectivity index (χ0n) is 12.7. The van der Waals surface area contributed by atoms with Gasteiger partial charge in [-0.05, 0) is 18.6 Å². The molecule has 23 heavy (non-hydrogen) atoms. The van der Waals surface area contributed by atoms with Crippen LogP contribution in [0.15, 0.2) is 22.6 Å². The van der Waals surface area contributed by atoms with E-state index in [-0.39, 0.29) is 30.7 Å². The monoisotopic (exact) mass is 339 g/mol. The van der Waals surface area contributed by atoms with Crippen LogP contribution in [0.4, 0.5) is 0 Å². The quantitative estimate of drug-likeness (QED) is 0.892. The predicted molar refractivity (Wildman–Crippen MR) is 84.9 cm³/mol. The maximum atomic E-state index is 12.6. The molecule has 6 nitrogen and oxygen atoms in total. The summed E-state index contributed by atoms with van der Waals surface area (Å²) in [5.41, 5.74) is 0.464. The number of ether oxygens (including phenoxy) is 1. The number of likely N-dealkylation sites (tertiary alicyclic amines) is 1. The Morgan fingerprint density at radius 3 is 2.91 bits per heavy atom. The fourth-order valence-electron chi connectivity index (χ4n) is 2.88. The lowest BCUT2D eigenvalue weighted by molar-refractivity contribution is -0.000152. The molecule has 3 rings (SSSR count). The van der Waals surface area contributed by atoms with Crippen molar-refractivity contribution < 1.29 is 24.2 Å². The highest BCUT2D eigenvalue weighted by molar-refractivity contribution is 6.31. The number of aliphatic hydroxyl groups is 2. The summed E-state index contributed by atoms with van der Waals surface area (Å²) in [6.45, 7) is 0.568. The van der Waals surface area contributed by atoms with Gasteiger partial charge in [-0.2, -0.15) is 0 Å². The van der Waals surface area contributed by atoms with Crippen molar-refractivity contribution in [2.24, 2.45) is 5.92 Å². The number of methoxy groups -OCH3 is 1. The molecule has 2 unspecified atom stereocenters. The molecule has 7 heteroatoms. The second kappa shape index (κ2) is 6.39. The highest BCUT2D eigenvalue weighted by Gasteiger charge is 2.31. The summed E-state index contributed by atoms with van der Waals surface area (Å²) in [7, 11) is 1.51. The van der Waals surface area contributed by atoms with E-state index in [1.807, 2.05) is 0 Å². The normalized spacial score (nSPS) is 21.7. The number of rotatable bonds is 3. The minimum atomic E-state index is -0.731. The Kier molecular flexibility index (Phi) is 4.48. The number of nitrogens with zero attached hydrogens (tertiary/aromatic N) is 1. The van der Waals surface area contributed by atoms with Crippen LogP contribution in [-0.2, 0) is 0 Å². The maximum Gasteiger partial charge on any atom is 0.289 e. The highest BCUT2D eigenvalue weighted by Crippen LogP contribution is 2.33. The van der Waals surface area contributed by atoms with Crippen molar-refractivity contribution in [3.63, 3.8) is 0 Å². The summed E-state index contributed by atoms with van der Waals surface area (Å²) in [4.78, 5) is 14.1. The number of hydrogen-bond donors (Lipinski definition) is 2. The predicted octanol–water partition coefficient (Wildman–Crippen LogP) is 1.91. The molecule has 2 atom stereocenters. The molecular weight excluding hydrogens is 322 g/mol. The van der Waals surface area contributed by atoms with Crippen molar-refractivity contribution in [3.8, 4) is 5.75 Å². The first-order valence-corrected chi connectivity index (χ1v) is 7.76. The average molecular weight is 340 g/mol. The van der Waals surface area contributed by atoms with E-state index in [2.05, 4.69) is 0 Å². The topological polar surface area (TPSA) is 83.1 Å². The molecule has 0 bridgehead atoms. The second-order valence-corrected chi connectivity index (χ2v) is 6.12. The fraction of sp³-hybridized carbons (Fsp3) is 0.438. The van der Waals surface area contributed by atoms with Gasteiger partial charge < -0.3 is 24.3 Å². The van der Waals surface area contributed by atoms with Gasteiger partial charge in [0.2, 0.25) is 0 Å². The maximum absolute atomic E-state index is 12.6. The van der Waals surface area contributed by atoms with E-state index in [1.165, 1.54) is 12.0 Å². The lowest BCUT2D eigenvalue weighted by Gasteiger charge is -2.34. The van der Waals surface area contributed by atoms with Crippen LogP contribution in [0, 0.1) is 5.92 Å². The van der Waals surface area contributed by atoms with Gasteiger partial charge in [0.15, 0.2) is 17.1 Å². The molecule has 0 spiro atoms. The molecular formula is C16H18ClNO5. The van der Waals surface area contributed by atoms with Crippen LogP contribution in [0.25, 0.3) is 11.0 Å². The molecule has 0 aliphatic carbocycles. The van der Waals surface area contributed by atoms with Crippen LogP contribution < -0.4 is 4.74 Å². The number of carbonyl (C=O) groups is 1. The molecule has 1 amide bonds. The van der Waals surface area contributed by atoms with Crippen LogP contribution in [0.2, 0.25) is 5.02 Å². The Balaban J connectivity index is 1.87. The lowest BCUT2D eigenvalue weighted by atomic mass is 9.94. The molecule has 0 radical (unpaired) electrons. The first-order chi connectivity index (χ1) is 11.0. The first kappa shape index (κ1) is 16.1. The van der Waals surface area contributed by atoms with E-state index in [9.17, 15) is 15.0 Å². The van der Waals surface area contributed by atoms with Gasteiger partial charge in [0.05, 0.1) is 13.2 Å². The molecule has 2 heterocycles. The summed E-state index contributed by atoms with van der Waals surface area (Å²) in [6, 6.07) is 4.95.